The molecule has 0 bridgehead atoms. The van der Waals surface area contributed by atoms with Gasteiger partial charge in [0.2, 0.25) is 5.91 Å². The highest BCUT2D eigenvalue weighted by Gasteiger charge is 2.27. The van der Waals surface area contributed by atoms with Crippen molar-refractivity contribution in [2.45, 2.75) is 27.3 Å². The van der Waals surface area contributed by atoms with E-state index in [9.17, 15) is 4.79 Å². The van der Waals surface area contributed by atoms with Gasteiger partial charge in [-0.05, 0) is 17.5 Å². The lowest BCUT2D eigenvalue weighted by Crippen LogP contribution is -2.51. The molecular weight excluding hydrogens is 445 g/mol. The van der Waals surface area contributed by atoms with E-state index < -0.39 is 0 Å². The molecule has 0 radical (unpaired) electrons. The maximum absolute atomic E-state index is 15.3. The number of carbonyl (C=O) groups is 1. The van der Waals surface area contributed by atoms with Crippen molar-refractivity contribution in [3.05, 3.63) is 60.4 Å². The van der Waals surface area contributed by atoms with E-state index in [0.717, 1.165) is 24.2 Å². The predicted molar refractivity (Wildman–Crippen MR) is 132 cm³/mol. The molecule has 0 saturated carbocycles. The van der Waals surface area contributed by atoms with Crippen LogP contribution in [-0.4, -0.2) is 66.3 Å². The Bertz CT molecular complexity index is 1380. The molecule has 0 spiro atoms. The first-order valence-electron chi connectivity index (χ1n) is 11.8. The van der Waals surface area contributed by atoms with E-state index in [-0.39, 0.29) is 23.7 Å². The number of fused-ring (bicyclic) bond motifs is 1. The van der Waals surface area contributed by atoms with Crippen molar-refractivity contribution >= 4 is 11.4 Å². The number of hydrogen-bond donors (Lipinski definition) is 0. The van der Waals surface area contributed by atoms with E-state index in [2.05, 4.69) is 35.9 Å². The van der Waals surface area contributed by atoms with Crippen LogP contribution in [0.4, 0.5) is 4.39 Å². The minimum atomic E-state index is -0.348. The second kappa shape index (κ2) is 8.88. The number of nitrogens with zero attached hydrogens (tertiary/aromatic N) is 7. The maximum Gasteiger partial charge on any atom is 0.237 e. The van der Waals surface area contributed by atoms with Crippen LogP contribution >= 0.6 is 0 Å². The predicted octanol–water partition coefficient (Wildman–Crippen LogP) is 3.63. The lowest BCUT2D eigenvalue weighted by molar-refractivity contribution is -0.137. The van der Waals surface area contributed by atoms with Crippen LogP contribution in [0.15, 0.2) is 49.1 Å². The van der Waals surface area contributed by atoms with Gasteiger partial charge in [-0.1, -0.05) is 32.9 Å². The zero-order chi connectivity index (χ0) is 24.7. The van der Waals surface area contributed by atoms with Crippen molar-refractivity contribution in [1.29, 1.82) is 0 Å². The molecule has 0 unspecified atom stereocenters. The molecule has 1 fully saturated rings. The summed E-state index contributed by atoms with van der Waals surface area (Å²) >= 11 is 0. The molecule has 1 aromatic carbocycles. The number of carbonyl (C=O) groups excluding carboxylic acids is 1. The Morgan fingerprint density at radius 1 is 1.06 bits per heavy atom. The third kappa shape index (κ3) is 4.95. The number of aromatic nitrogens is 5. The topological polar surface area (TPSA) is 71.6 Å². The van der Waals surface area contributed by atoms with Crippen molar-refractivity contribution in [3.63, 3.8) is 0 Å². The number of halogens is 1. The van der Waals surface area contributed by atoms with Crippen molar-refractivity contribution in [2.24, 2.45) is 12.5 Å². The van der Waals surface area contributed by atoms with Gasteiger partial charge in [-0.25, -0.2) is 13.9 Å². The lowest BCUT2D eigenvalue weighted by Gasteiger charge is -2.37. The Morgan fingerprint density at radius 3 is 2.57 bits per heavy atom. The zero-order valence-corrected chi connectivity index (χ0v) is 20.6. The highest BCUT2D eigenvalue weighted by molar-refractivity contribution is 5.80. The molecular formula is C26H30FN7O. The average molecular weight is 476 g/mol. The van der Waals surface area contributed by atoms with Crippen LogP contribution in [0.3, 0.4) is 0 Å². The van der Waals surface area contributed by atoms with Gasteiger partial charge in [0, 0.05) is 56.1 Å². The van der Waals surface area contributed by atoms with Crippen LogP contribution in [0.25, 0.3) is 28.0 Å². The lowest BCUT2D eigenvalue weighted by atomic mass is 9.95. The number of hydrogen-bond acceptors (Lipinski definition) is 5. The van der Waals surface area contributed by atoms with Crippen molar-refractivity contribution < 1.29 is 9.18 Å². The van der Waals surface area contributed by atoms with Crippen molar-refractivity contribution in [3.8, 4) is 22.5 Å². The van der Waals surface area contributed by atoms with E-state index in [1.807, 2.05) is 31.6 Å². The minimum absolute atomic E-state index is 0.0378. The number of benzene rings is 1. The van der Waals surface area contributed by atoms with Gasteiger partial charge >= 0.3 is 0 Å². The fourth-order valence-electron chi connectivity index (χ4n) is 4.59. The third-order valence-corrected chi connectivity index (χ3v) is 6.17. The molecule has 0 atom stereocenters. The van der Waals surface area contributed by atoms with E-state index >= 15 is 4.39 Å². The van der Waals surface area contributed by atoms with Crippen molar-refractivity contribution in [2.75, 3.05) is 26.2 Å². The van der Waals surface area contributed by atoms with Gasteiger partial charge in [-0.2, -0.15) is 10.2 Å². The molecule has 0 N–H and O–H groups in total. The Hall–Kier alpha value is -3.59. The maximum atomic E-state index is 15.3. The number of rotatable bonds is 5. The molecule has 8 nitrogen and oxygen atoms in total. The summed E-state index contributed by atoms with van der Waals surface area (Å²) in [6.45, 7) is 9.40. The normalized spacial score (nSPS) is 15.3. The molecule has 1 aliphatic rings. The van der Waals surface area contributed by atoms with Crippen LogP contribution in [0, 0.1) is 11.2 Å². The van der Waals surface area contributed by atoms with Gasteiger partial charge < -0.3 is 4.90 Å². The standard InChI is InChI=1S/C26H30FN7O/c1-26(2,3)17-32-9-10-33(24(35)16-32)14-19-6-5-18(11-21(19)27)25-23-7-8-28-34(23)15-22(30-25)20-12-29-31(4)13-20/h5-8,11-13,15H,9-10,14,16-17H2,1-4H3. The molecule has 5 rings (SSSR count). The van der Waals surface area contributed by atoms with Gasteiger partial charge in [0.25, 0.3) is 0 Å². The van der Waals surface area contributed by atoms with Crippen LogP contribution in [0.2, 0.25) is 0 Å². The molecule has 182 valence electrons. The summed E-state index contributed by atoms with van der Waals surface area (Å²) in [5, 5.41) is 8.58. The second-order valence-corrected chi connectivity index (χ2v) is 10.4. The summed E-state index contributed by atoms with van der Waals surface area (Å²) in [4.78, 5) is 21.5. The fraction of sp³-hybridized carbons (Fsp3) is 0.385. The smallest absolute Gasteiger partial charge is 0.237 e. The van der Waals surface area contributed by atoms with Gasteiger partial charge in [0.05, 0.1) is 42.0 Å². The molecule has 1 amide bonds. The monoisotopic (exact) mass is 475 g/mol. The van der Waals surface area contributed by atoms with E-state index in [0.29, 0.717) is 35.6 Å². The first-order chi connectivity index (χ1) is 16.7. The Balaban J connectivity index is 1.38. The highest BCUT2D eigenvalue weighted by atomic mass is 19.1. The third-order valence-electron chi connectivity index (χ3n) is 6.17. The molecule has 9 heteroatoms. The van der Waals surface area contributed by atoms with Crippen LogP contribution in [0.1, 0.15) is 26.3 Å². The largest absolute Gasteiger partial charge is 0.336 e. The van der Waals surface area contributed by atoms with Crippen molar-refractivity contribution in [1.82, 2.24) is 34.2 Å². The van der Waals surface area contributed by atoms with E-state index in [1.165, 1.54) is 6.07 Å². The summed E-state index contributed by atoms with van der Waals surface area (Å²) in [6, 6.07) is 6.97. The number of aryl methyl sites for hydroxylation is 1. The first-order valence-corrected chi connectivity index (χ1v) is 11.8. The fourth-order valence-corrected chi connectivity index (χ4v) is 4.59. The zero-order valence-electron chi connectivity index (χ0n) is 20.6. The highest BCUT2D eigenvalue weighted by Crippen LogP contribution is 2.28. The van der Waals surface area contributed by atoms with Gasteiger partial charge in [-0.3, -0.25) is 14.4 Å². The SMILES string of the molecule is Cn1cc(-c2cn3nccc3c(-c3ccc(CN4CCN(CC(C)(C)C)CC4=O)c(F)c3)n2)cn1. The van der Waals surface area contributed by atoms with Crippen LogP contribution in [-0.2, 0) is 18.4 Å². The quantitative estimate of drug-likeness (QED) is 0.441. The van der Waals surface area contributed by atoms with Crippen LogP contribution in [0.5, 0.6) is 0 Å². The minimum Gasteiger partial charge on any atom is -0.336 e. The Labute approximate surface area is 204 Å². The molecule has 3 aromatic heterocycles. The summed E-state index contributed by atoms with van der Waals surface area (Å²) < 4.78 is 18.7. The van der Waals surface area contributed by atoms with Gasteiger partial charge in [0.1, 0.15) is 5.82 Å². The molecule has 4 aromatic rings. The molecule has 1 aliphatic heterocycles. The van der Waals surface area contributed by atoms with Gasteiger partial charge in [0.15, 0.2) is 0 Å². The number of amides is 1. The summed E-state index contributed by atoms with van der Waals surface area (Å²) in [5.74, 6) is -0.311. The second-order valence-electron chi connectivity index (χ2n) is 10.4. The first kappa shape index (κ1) is 23.2. The number of piperazine rings is 1. The summed E-state index contributed by atoms with van der Waals surface area (Å²) in [5.41, 5.74) is 4.27. The van der Waals surface area contributed by atoms with Crippen LogP contribution < -0.4 is 0 Å². The Kier molecular flexibility index (Phi) is 5.88. The van der Waals surface area contributed by atoms with E-state index in [1.54, 1.807) is 32.6 Å². The molecule has 1 saturated heterocycles. The molecule has 0 aliphatic carbocycles. The molecule has 4 heterocycles. The Morgan fingerprint density at radius 2 is 1.89 bits per heavy atom. The average Bonchev–Trinajstić information content (AvgIpc) is 3.44. The molecule has 35 heavy (non-hydrogen) atoms. The summed E-state index contributed by atoms with van der Waals surface area (Å²) in [7, 11) is 1.85. The summed E-state index contributed by atoms with van der Waals surface area (Å²) in [6.07, 6.45) is 7.15. The van der Waals surface area contributed by atoms with E-state index in [4.69, 9.17) is 4.98 Å². The van der Waals surface area contributed by atoms with Gasteiger partial charge in [-0.15, -0.1) is 0 Å².